The average Bonchev–Trinajstić information content (AvgIpc) is 2.79. The molecule has 0 bridgehead atoms. The standard InChI is InChI=1S/C12H14N2O5/c1-12(6-3-7-19-12)11(16)13-10-8(14(17)18)4-2-5-9(10)15/h2,4-5,15H,3,6-7H2,1H3,(H,13,16). The van der Waals surface area contributed by atoms with E-state index in [1.54, 1.807) is 6.92 Å². The summed E-state index contributed by atoms with van der Waals surface area (Å²) in [5.41, 5.74) is -1.56. The molecule has 1 fully saturated rings. The second kappa shape index (κ2) is 4.85. The van der Waals surface area contributed by atoms with Crippen LogP contribution in [0.5, 0.6) is 5.75 Å². The summed E-state index contributed by atoms with van der Waals surface area (Å²) in [5.74, 6) is -0.834. The lowest BCUT2D eigenvalue weighted by atomic mass is 10.0. The molecule has 7 nitrogen and oxygen atoms in total. The summed E-state index contributed by atoms with van der Waals surface area (Å²) in [5, 5.41) is 22.9. The summed E-state index contributed by atoms with van der Waals surface area (Å²) in [4.78, 5) is 22.3. The van der Waals surface area contributed by atoms with Crippen molar-refractivity contribution in [1.29, 1.82) is 0 Å². The van der Waals surface area contributed by atoms with Gasteiger partial charge in [-0.05, 0) is 25.8 Å². The lowest BCUT2D eigenvalue weighted by Gasteiger charge is -2.22. The first kappa shape index (κ1) is 13.3. The number of nitro groups is 1. The zero-order valence-electron chi connectivity index (χ0n) is 10.4. The number of nitro benzene ring substituents is 1. The van der Waals surface area contributed by atoms with Crippen LogP contribution in [0.3, 0.4) is 0 Å². The SMILES string of the molecule is CC1(C(=O)Nc2c(O)cccc2[N+](=O)[O-])CCCO1. The van der Waals surface area contributed by atoms with Crippen molar-refractivity contribution in [3.8, 4) is 5.75 Å². The van der Waals surface area contributed by atoms with Gasteiger partial charge in [0.2, 0.25) is 0 Å². The maximum Gasteiger partial charge on any atom is 0.296 e. The van der Waals surface area contributed by atoms with Crippen LogP contribution in [0.25, 0.3) is 0 Å². The average molecular weight is 266 g/mol. The van der Waals surface area contributed by atoms with Crippen LogP contribution >= 0.6 is 0 Å². The third-order valence-corrected chi connectivity index (χ3v) is 3.15. The Kier molecular flexibility index (Phi) is 3.39. The highest BCUT2D eigenvalue weighted by Gasteiger charge is 2.38. The van der Waals surface area contributed by atoms with Gasteiger partial charge >= 0.3 is 0 Å². The molecule has 2 rings (SSSR count). The molecule has 1 heterocycles. The Morgan fingerprint density at radius 2 is 2.32 bits per heavy atom. The van der Waals surface area contributed by atoms with Gasteiger partial charge in [-0.15, -0.1) is 0 Å². The monoisotopic (exact) mass is 266 g/mol. The van der Waals surface area contributed by atoms with Crippen molar-refractivity contribution >= 4 is 17.3 Å². The summed E-state index contributed by atoms with van der Waals surface area (Å²) in [6.45, 7) is 2.11. The Bertz CT molecular complexity index is 523. The maximum absolute atomic E-state index is 12.1. The normalized spacial score (nSPS) is 22.2. The highest BCUT2D eigenvalue weighted by Crippen LogP contribution is 2.35. The number of carbonyl (C=O) groups is 1. The maximum atomic E-state index is 12.1. The highest BCUT2D eigenvalue weighted by atomic mass is 16.6. The molecule has 1 amide bonds. The Morgan fingerprint density at radius 1 is 1.58 bits per heavy atom. The van der Waals surface area contributed by atoms with E-state index >= 15 is 0 Å². The minimum absolute atomic E-state index is 0.200. The largest absolute Gasteiger partial charge is 0.505 e. The smallest absolute Gasteiger partial charge is 0.296 e. The molecule has 1 aliphatic rings. The van der Waals surface area contributed by atoms with Gasteiger partial charge in [0.15, 0.2) is 5.69 Å². The van der Waals surface area contributed by atoms with Crippen molar-refractivity contribution in [3.05, 3.63) is 28.3 Å². The molecule has 102 valence electrons. The third kappa shape index (κ3) is 2.50. The third-order valence-electron chi connectivity index (χ3n) is 3.15. The molecule has 0 aromatic heterocycles. The second-order valence-electron chi connectivity index (χ2n) is 4.57. The van der Waals surface area contributed by atoms with E-state index in [0.717, 1.165) is 6.42 Å². The number of para-hydroxylation sites is 1. The van der Waals surface area contributed by atoms with E-state index in [4.69, 9.17) is 4.74 Å². The number of anilines is 1. The Balaban J connectivity index is 2.28. The molecule has 0 spiro atoms. The van der Waals surface area contributed by atoms with Gasteiger partial charge in [-0.25, -0.2) is 0 Å². The summed E-state index contributed by atoms with van der Waals surface area (Å²) in [6.07, 6.45) is 1.30. The van der Waals surface area contributed by atoms with Crippen LogP contribution in [0.1, 0.15) is 19.8 Å². The number of carbonyl (C=O) groups excluding carboxylic acids is 1. The van der Waals surface area contributed by atoms with Crippen molar-refractivity contribution < 1.29 is 19.6 Å². The van der Waals surface area contributed by atoms with E-state index in [1.807, 2.05) is 0 Å². The van der Waals surface area contributed by atoms with Crippen LogP contribution in [0.2, 0.25) is 0 Å². The van der Waals surface area contributed by atoms with E-state index in [2.05, 4.69) is 5.32 Å². The van der Waals surface area contributed by atoms with Crippen molar-refractivity contribution in [1.82, 2.24) is 0 Å². The van der Waals surface area contributed by atoms with Crippen LogP contribution < -0.4 is 5.32 Å². The fourth-order valence-corrected chi connectivity index (χ4v) is 2.01. The van der Waals surface area contributed by atoms with Gasteiger partial charge in [-0.2, -0.15) is 0 Å². The van der Waals surface area contributed by atoms with E-state index in [-0.39, 0.29) is 17.1 Å². The molecule has 19 heavy (non-hydrogen) atoms. The summed E-state index contributed by atoms with van der Waals surface area (Å²) < 4.78 is 5.35. The minimum atomic E-state index is -1.00. The molecule has 2 N–H and O–H groups in total. The molecule has 1 unspecified atom stereocenters. The first-order valence-corrected chi connectivity index (χ1v) is 5.86. The van der Waals surface area contributed by atoms with E-state index in [1.165, 1.54) is 18.2 Å². The summed E-state index contributed by atoms with van der Waals surface area (Å²) in [6, 6.07) is 3.84. The van der Waals surface area contributed by atoms with Gasteiger partial charge in [-0.1, -0.05) is 6.07 Å². The number of nitrogens with zero attached hydrogens (tertiary/aromatic N) is 1. The molecular weight excluding hydrogens is 252 g/mol. The van der Waals surface area contributed by atoms with E-state index < -0.39 is 16.4 Å². The molecule has 0 saturated carbocycles. The zero-order valence-corrected chi connectivity index (χ0v) is 10.4. The fourth-order valence-electron chi connectivity index (χ4n) is 2.01. The first-order valence-electron chi connectivity index (χ1n) is 5.86. The molecule has 7 heteroatoms. The number of benzene rings is 1. The molecule has 1 aliphatic heterocycles. The van der Waals surface area contributed by atoms with Gasteiger partial charge in [0.1, 0.15) is 11.4 Å². The Morgan fingerprint density at radius 3 is 2.89 bits per heavy atom. The molecular formula is C12H14N2O5. The van der Waals surface area contributed by atoms with Gasteiger partial charge in [0.05, 0.1) is 4.92 Å². The summed E-state index contributed by atoms with van der Waals surface area (Å²) in [7, 11) is 0. The quantitative estimate of drug-likeness (QED) is 0.493. The van der Waals surface area contributed by atoms with Crippen molar-refractivity contribution in [2.75, 3.05) is 11.9 Å². The Labute approximate surface area is 109 Å². The van der Waals surface area contributed by atoms with E-state index in [9.17, 15) is 20.0 Å². The summed E-state index contributed by atoms with van der Waals surface area (Å²) >= 11 is 0. The second-order valence-corrected chi connectivity index (χ2v) is 4.57. The van der Waals surface area contributed by atoms with Crippen molar-refractivity contribution in [2.24, 2.45) is 0 Å². The molecule has 1 aromatic carbocycles. The number of ether oxygens (including phenoxy) is 1. The topological polar surface area (TPSA) is 102 Å². The number of amides is 1. The predicted molar refractivity (Wildman–Crippen MR) is 67.0 cm³/mol. The molecule has 1 saturated heterocycles. The van der Waals surface area contributed by atoms with E-state index in [0.29, 0.717) is 13.0 Å². The lowest BCUT2D eigenvalue weighted by molar-refractivity contribution is -0.384. The number of phenolic OH excluding ortho intramolecular Hbond substituents is 1. The van der Waals surface area contributed by atoms with Crippen LogP contribution in [0, 0.1) is 10.1 Å². The molecule has 0 aliphatic carbocycles. The number of nitrogens with one attached hydrogen (secondary N) is 1. The van der Waals surface area contributed by atoms with Crippen LogP contribution in [0.15, 0.2) is 18.2 Å². The zero-order chi connectivity index (χ0) is 14.0. The lowest BCUT2D eigenvalue weighted by Crippen LogP contribution is -2.39. The predicted octanol–water partition coefficient (Wildman–Crippen LogP) is 1.81. The van der Waals surface area contributed by atoms with Gasteiger partial charge < -0.3 is 15.2 Å². The fraction of sp³-hybridized carbons (Fsp3) is 0.417. The molecule has 1 aromatic rings. The number of hydrogen-bond donors (Lipinski definition) is 2. The number of aromatic hydroxyl groups is 1. The van der Waals surface area contributed by atoms with Crippen LogP contribution in [-0.2, 0) is 9.53 Å². The van der Waals surface area contributed by atoms with Crippen molar-refractivity contribution in [3.63, 3.8) is 0 Å². The highest BCUT2D eigenvalue weighted by molar-refractivity contribution is 6.00. The van der Waals surface area contributed by atoms with Gasteiger partial charge in [-0.3, -0.25) is 14.9 Å². The number of hydrogen-bond acceptors (Lipinski definition) is 5. The van der Waals surface area contributed by atoms with Crippen LogP contribution in [0.4, 0.5) is 11.4 Å². The van der Waals surface area contributed by atoms with Crippen molar-refractivity contribution in [2.45, 2.75) is 25.4 Å². The Hall–Kier alpha value is -2.15. The minimum Gasteiger partial charge on any atom is -0.505 e. The molecule has 1 atom stereocenters. The molecule has 0 radical (unpaired) electrons. The number of rotatable bonds is 3. The first-order chi connectivity index (χ1) is 8.94. The number of phenols is 1. The van der Waals surface area contributed by atoms with Gasteiger partial charge in [0, 0.05) is 12.7 Å². The van der Waals surface area contributed by atoms with Gasteiger partial charge in [0.25, 0.3) is 11.6 Å². The van der Waals surface area contributed by atoms with Crippen LogP contribution in [-0.4, -0.2) is 28.1 Å².